The van der Waals surface area contributed by atoms with E-state index in [0.717, 1.165) is 10.2 Å². The number of hydrogen-bond donors (Lipinski definition) is 0. The minimum absolute atomic E-state index is 0.157. The molecule has 0 amide bonds. The topological polar surface area (TPSA) is 9.23 Å². The first-order valence-electron chi connectivity index (χ1n) is 8.93. The molecule has 1 aromatic rings. The second-order valence-electron chi connectivity index (χ2n) is 8.64. The summed E-state index contributed by atoms with van der Waals surface area (Å²) < 4.78 is 7.72. The average molecular weight is 416 g/mol. The molecule has 1 rings (SSSR count). The van der Waals surface area contributed by atoms with Crippen molar-refractivity contribution in [2.24, 2.45) is 0 Å². The molecule has 0 fully saturated rings. The van der Waals surface area contributed by atoms with Crippen molar-refractivity contribution in [2.75, 3.05) is 0 Å². The molecule has 0 unspecified atom stereocenters. The molecule has 23 heavy (non-hydrogen) atoms. The summed E-state index contributed by atoms with van der Waals surface area (Å²) in [5, 5.41) is 1.53. The summed E-state index contributed by atoms with van der Waals surface area (Å²) in [6, 6.07) is 8.59. The van der Waals surface area contributed by atoms with Gasteiger partial charge in [-0.1, -0.05) is 65.7 Å². The third-order valence-corrected chi connectivity index (χ3v) is 11.9. The second kappa shape index (κ2) is 7.44. The first-order valence-corrected chi connectivity index (χ1v) is 15.8. The Bertz CT molecular complexity index is 529. The van der Waals surface area contributed by atoms with Gasteiger partial charge in [0.2, 0.25) is 8.32 Å². The molecule has 0 saturated carbocycles. The monoisotopic (exact) mass is 414 g/mol. The summed E-state index contributed by atoms with van der Waals surface area (Å²) in [7, 11) is -3.16. The summed E-state index contributed by atoms with van der Waals surface area (Å²) in [5.41, 5.74) is 1.57. The Hall–Kier alpha value is -0.0662. The van der Waals surface area contributed by atoms with Crippen molar-refractivity contribution in [1.82, 2.24) is 0 Å². The van der Waals surface area contributed by atoms with Crippen LogP contribution >= 0.6 is 15.9 Å². The fraction of sp³-hybridized carbons (Fsp3) is 0.684. The van der Waals surface area contributed by atoms with Crippen LogP contribution in [0.4, 0.5) is 0 Å². The second-order valence-corrected chi connectivity index (χ2v) is 19.1. The van der Waals surface area contributed by atoms with E-state index in [4.69, 9.17) is 4.43 Å². The van der Waals surface area contributed by atoms with Crippen LogP contribution in [0.5, 0.6) is 5.75 Å². The maximum atomic E-state index is 6.57. The molecule has 0 aliphatic heterocycles. The van der Waals surface area contributed by atoms with Crippen molar-refractivity contribution in [3.63, 3.8) is 0 Å². The lowest BCUT2D eigenvalue weighted by atomic mass is 9.87. The molecule has 1 nitrogen and oxygen atoms in total. The molecule has 0 aliphatic rings. The van der Waals surface area contributed by atoms with Gasteiger partial charge in [0.1, 0.15) is 5.75 Å². The minimum Gasteiger partial charge on any atom is -0.544 e. The molecule has 0 atom stereocenters. The Balaban J connectivity index is 3.69. The van der Waals surface area contributed by atoms with Crippen molar-refractivity contribution in [1.29, 1.82) is 0 Å². The minimum atomic E-state index is -1.65. The lowest BCUT2D eigenvalue weighted by Gasteiger charge is -2.35. The van der Waals surface area contributed by atoms with Gasteiger partial charge in [0.25, 0.3) is 0 Å². The van der Waals surface area contributed by atoms with Crippen LogP contribution in [0.1, 0.15) is 47.1 Å². The fourth-order valence-electron chi connectivity index (χ4n) is 3.15. The molecule has 4 heteroatoms. The lowest BCUT2D eigenvalue weighted by Crippen LogP contribution is -2.48. The van der Waals surface area contributed by atoms with E-state index in [1.165, 1.54) is 28.9 Å². The summed E-state index contributed by atoms with van der Waals surface area (Å²) in [6.45, 7) is 20.8. The molecular weight excluding hydrogens is 380 g/mol. The van der Waals surface area contributed by atoms with Gasteiger partial charge in [0.15, 0.2) is 0 Å². The van der Waals surface area contributed by atoms with E-state index in [1.54, 1.807) is 0 Å². The van der Waals surface area contributed by atoms with Gasteiger partial charge in [-0.2, -0.15) is 0 Å². The highest BCUT2D eigenvalue weighted by atomic mass is 79.9. The van der Waals surface area contributed by atoms with Crippen LogP contribution in [-0.2, 0) is 5.41 Å². The zero-order chi connectivity index (χ0) is 18.1. The van der Waals surface area contributed by atoms with Gasteiger partial charge in [0.05, 0.1) is 12.5 Å². The van der Waals surface area contributed by atoms with Crippen molar-refractivity contribution in [3.05, 3.63) is 22.2 Å². The molecule has 0 spiro atoms. The van der Waals surface area contributed by atoms with E-state index < -0.39 is 16.4 Å². The van der Waals surface area contributed by atoms with Crippen LogP contribution in [0.15, 0.2) is 16.6 Å². The molecule has 0 N–H and O–H groups in total. The van der Waals surface area contributed by atoms with Crippen molar-refractivity contribution >= 4 is 37.5 Å². The number of halogens is 1. The van der Waals surface area contributed by atoms with Crippen molar-refractivity contribution in [3.8, 4) is 5.75 Å². The van der Waals surface area contributed by atoms with Gasteiger partial charge in [-0.05, 0) is 57.8 Å². The normalized spacial score (nSPS) is 13.3. The van der Waals surface area contributed by atoms with E-state index in [1.807, 2.05) is 0 Å². The van der Waals surface area contributed by atoms with E-state index in [-0.39, 0.29) is 5.41 Å². The highest BCUT2D eigenvalue weighted by molar-refractivity contribution is 9.10. The van der Waals surface area contributed by atoms with E-state index in [9.17, 15) is 0 Å². The molecule has 0 saturated heterocycles. The Labute approximate surface area is 154 Å². The van der Waals surface area contributed by atoms with E-state index >= 15 is 0 Å². The van der Waals surface area contributed by atoms with Crippen molar-refractivity contribution < 1.29 is 4.43 Å². The van der Waals surface area contributed by atoms with Gasteiger partial charge in [-0.15, -0.1) is 0 Å². The van der Waals surface area contributed by atoms with Crippen LogP contribution in [0.25, 0.3) is 0 Å². The standard InChI is InChI=1S/C19H35BrOSi2/c1-10-23(11-2,12-3)17-14-15(19(4,5)6)13-16(20)18(17)21-22(7,8)9/h13-14H,10-12H2,1-9H3. The smallest absolute Gasteiger partial charge is 0.242 e. The molecule has 132 valence electrons. The largest absolute Gasteiger partial charge is 0.544 e. The highest BCUT2D eigenvalue weighted by Crippen LogP contribution is 2.36. The summed E-state index contributed by atoms with van der Waals surface area (Å²) in [5.74, 6) is 1.15. The highest BCUT2D eigenvalue weighted by Gasteiger charge is 2.35. The van der Waals surface area contributed by atoms with Crippen LogP contribution in [0.2, 0.25) is 37.8 Å². The zero-order valence-electron chi connectivity index (χ0n) is 16.6. The number of benzene rings is 1. The lowest BCUT2D eigenvalue weighted by molar-refractivity contribution is 0.553. The fourth-order valence-corrected chi connectivity index (χ4v) is 8.73. The van der Waals surface area contributed by atoms with Crippen LogP contribution in [0, 0.1) is 0 Å². The molecule has 0 radical (unpaired) electrons. The quantitative estimate of drug-likeness (QED) is 0.471. The van der Waals surface area contributed by atoms with Gasteiger partial charge in [0, 0.05) is 0 Å². The van der Waals surface area contributed by atoms with E-state index in [0.29, 0.717) is 0 Å². The molecule has 0 bridgehead atoms. The Morgan fingerprint density at radius 2 is 1.43 bits per heavy atom. The summed E-state index contributed by atoms with van der Waals surface area (Å²) >= 11 is 3.84. The maximum Gasteiger partial charge on any atom is 0.242 e. The van der Waals surface area contributed by atoms with Gasteiger partial charge < -0.3 is 4.43 Å². The SMILES string of the molecule is CC[Si](CC)(CC)c1cc(C(C)(C)C)cc(Br)c1O[Si](C)(C)C. The Kier molecular flexibility index (Phi) is 6.79. The summed E-state index contributed by atoms with van der Waals surface area (Å²) in [6.07, 6.45) is 0. The Morgan fingerprint density at radius 1 is 0.957 bits per heavy atom. The van der Waals surface area contributed by atoms with Gasteiger partial charge >= 0.3 is 0 Å². The van der Waals surface area contributed by atoms with Crippen LogP contribution in [-0.4, -0.2) is 16.4 Å². The van der Waals surface area contributed by atoms with E-state index in [2.05, 4.69) is 89.2 Å². The molecular formula is C19H35BrOSi2. The molecule has 0 aromatic heterocycles. The number of hydrogen-bond acceptors (Lipinski definition) is 1. The predicted octanol–water partition coefficient (Wildman–Crippen LogP) is 6.68. The molecule has 0 heterocycles. The number of rotatable bonds is 6. The van der Waals surface area contributed by atoms with Crippen LogP contribution in [0.3, 0.4) is 0 Å². The third-order valence-electron chi connectivity index (χ3n) is 4.92. The first kappa shape index (κ1) is 21.0. The Morgan fingerprint density at radius 3 is 1.78 bits per heavy atom. The third kappa shape index (κ3) is 4.96. The average Bonchev–Trinajstić information content (AvgIpc) is 2.42. The zero-order valence-corrected chi connectivity index (χ0v) is 20.1. The van der Waals surface area contributed by atoms with Gasteiger partial charge in [-0.25, -0.2) is 0 Å². The molecule has 0 aliphatic carbocycles. The predicted molar refractivity (Wildman–Crippen MR) is 114 cm³/mol. The first-order chi connectivity index (χ1) is 10.4. The maximum absolute atomic E-state index is 6.57. The summed E-state index contributed by atoms with van der Waals surface area (Å²) in [4.78, 5) is 0. The van der Waals surface area contributed by atoms with Crippen molar-refractivity contribution in [2.45, 2.75) is 84.7 Å². The van der Waals surface area contributed by atoms with Gasteiger partial charge in [-0.3, -0.25) is 0 Å². The van der Waals surface area contributed by atoms with Crippen LogP contribution < -0.4 is 9.61 Å². The molecule has 1 aromatic carbocycles.